The molecule has 0 fully saturated rings. The second kappa shape index (κ2) is 5.61. The number of esters is 1. The Labute approximate surface area is 109 Å². The molecule has 0 aliphatic carbocycles. The minimum Gasteiger partial charge on any atom is -0.465 e. The molecule has 0 atom stereocenters. The van der Waals surface area contributed by atoms with Crippen molar-refractivity contribution in [2.75, 3.05) is 19.0 Å². The van der Waals surface area contributed by atoms with Crippen LogP contribution in [0.5, 0.6) is 0 Å². The second-order valence-corrected chi connectivity index (χ2v) is 4.51. The van der Waals surface area contributed by atoms with Gasteiger partial charge in [-0.2, -0.15) is 0 Å². The number of ether oxygens (including phenoxy) is 1. The van der Waals surface area contributed by atoms with Crippen molar-refractivity contribution in [1.82, 2.24) is 4.98 Å². The third-order valence-corrected chi connectivity index (χ3v) is 2.17. The van der Waals surface area contributed by atoms with Crippen LogP contribution in [0, 0.1) is 10.1 Å². The van der Waals surface area contributed by atoms with Gasteiger partial charge in [0.05, 0.1) is 23.2 Å². The Morgan fingerprint density at radius 2 is 2.26 bits per heavy atom. The lowest BCUT2D eigenvalue weighted by Crippen LogP contribution is -2.29. The first kappa shape index (κ1) is 14.8. The van der Waals surface area contributed by atoms with E-state index in [0.29, 0.717) is 0 Å². The van der Waals surface area contributed by atoms with E-state index in [9.17, 15) is 20.0 Å². The maximum atomic E-state index is 11.3. The van der Waals surface area contributed by atoms with Crippen molar-refractivity contribution < 1.29 is 19.6 Å². The van der Waals surface area contributed by atoms with Crippen molar-refractivity contribution in [3.63, 3.8) is 0 Å². The molecule has 1 aromatic heterocycles. The number of hydrogen-bond donors (Lipinski definition) is 2. The third-order valence-electron chi connectivity index (χ3n) is 2.17. The van der Waals surface area contributed by atoms with Crippen molar-refractivity contribution in [2.45, 2.75) is 19.4 Å². The molecule has 0 radical (unpaired) electrons. The van der Waals surface area contributed by atoms with Crippen LogP contribution in [0.2, 0.25) is 0 Å². The number of carbonyl (C=O) groups excluding carboxylic acids is 1. The number of hydrogen-bond acceptors (Lipinski definition) is 7. The fourth-order valence-electron chi connectivity index (χ4n) is 1.26. The SMILES string of the molecule is COC(=O)c1cnc(NCC(C)(C)O)c([N+](=O)[O-])c1. The van der Waals surface area contributed by atoms with Crippen molar-refractivity contribution >= 4 is 17.5 Å². The van der Waals surface area contributed by atoms with Crippen LogP contribution in [0.15, 0.2) is 12.3 Å². The first-order valence-corrected chi connectivity index (χ1v) is 5.43. The minimum absolute atomic E-state index is 0.0111. The molecular formula is C11H15N3O5. The first-order chi connectivity index (χ1) is 8.74. The number of methoxy groups -OCH3 is 1. The van der Waals surface area contributed by atoms with Gasteiger partial charge in [0.15, 0.2) is 0 Å². The number of nitrogens with zero attached hydrogens (tertiary/aromatic N) is 2. The standard InChI is InChI=1S/C11H15N3O5/c1-11(2,16)6-13-9-8(14(17)18)4-7(5-12-9)10(15)19-3/h4-5,16H,6H2,1-3H3,(H,12,13). The zero-order valence-electron chi connectivity index (χ0n) is 10.8. The molecule has 0 bridgehead atoms. The van der Waals surface area contributed by atoms with Gasteiger partial charge in [0, 0.05) is 18.8 Å². The number of anilines is 1. The Balaban J connectivity index is 3.05. The van der Waals surface area contributed by atoms with Crippen molar-refractivity contribution in [2.24, 2.45) is 0 Å². The van der Waals surface area contributed by atoms with Crippen LogP contribution in [-0.4, -0.2) is 40.2 Å². The predicted molar refractivity (Wildman–Crippen MR) is 67.0 cm³/mol. The van der Waals surface area contributed by atoms with Crippen LogP contribution < -0.4 is 5.32 Å². The molecule has 0 saturated heterocycles. The van der Waals surface area contributed by atoms with E-state index in [2.05, 4.69) is 15.0 Å². The Morgan fingerprint density at radius 3 is 2.74 bits per heavy atom. The van der Waals surface area contributed by atoms with E-state index in [0.717, 1.165) is 6.07 Å². The minimum atomic E-state index is -1.05. The van der Waals surface area contributed by atoms with Gasteiger partial charge in [0.2, 0.25) is 5.82 Å². The zero-order chi connectivity index (χ0) is 14.6. The Bertz CT molecular complexity index is 496. The largest absolute Gasteiger partial charge is 0.465 e. The van der Waals surface area contributed by atoms with Gasteiger partial charge in [0.1, 0.15) is 0 Å². The van der Waals surface area contributed by atoms with Crippen LogP contribution >= 0.6 is 0 Å². The van der Waals surface area contributed by atoms with Gasteiger partial charge in [-0.15, -0.1) is 0 Å². The van der Waals surface area contributed by atoms with Crippen molar-refractivity contribution in [3.05, 3.63) is 27.9 Å². The maximum Gasteiger partial charge on any atom is 0.339 e. The van der Waals surface area contributed by atoms with E-state index in [-0.39, 0.29) is 23.6 Å². The highest BCUT2D eigenvalue weighted by Gasteiger charge is 2.21. The fraction of sp³-hybridized carbons (Fsp3) is 0.455. The van der Waals surface area contributed by atoms with Gasteiger partial charge in [-0.3, -0.25) is 10.1 Å². The van der Waals surface area contributed by atoms with E-state index < -0.39 is 16.5 Å². The summed E-state index contributed by atoms with van der Waals surface area (Å²) in [5, 5.41) is 23.1. The van der Waals surface area contributed by atoms with E-state index in [1.54, 1.807) is 13.8 Å². The second-order valence-electron chi connectivity index (χ2n) is 4.51. The lowest BCUT2D eigenvalue weighted by Gasteiger charge is -2.17. The summed E-state index contributed by atoms with van der Waals surface area (Å²) in [6.07, 6.45) is 1.17. The summed E-state index contributed by atoms with van der Waals surface area (Å²) in [6, 6.07) is 1.07. The average molecular weight is 269 g/mol. The van der Waals surface area contributed by atoms with E-state index in [4.69, 9.17) is 0 Å². The van der Waals surface area contributed by atoms with Crippen molar-refractivity contribution in [1.29, 1.82) is 0 Å². The van der Waals surface area contributed by atoms with E-state index in [1.165, 1.54) is 13.3 Å². The Kier molecular flexibility index (Phi) is 4.38. The Morgan fingerprint density at radius 1 is 1.63 bits per heavy atom. The lowest BCUT2D eigenvalue weighted by molar-refractivity contribution is -0.384. The summed E-state index contributed by atoms with van der Waals surface area (Å²) in [5.41, 5.74) is -1.41. The number of rotatable bonds is 5. The number of carbonyl (C=O) groups is 1. The molecule has 0 spiro atoms. The van der Waals surface area contributed by atoms with Gasteiger partial charge in [-0.05, 0) is 13.8 Å². The molecule has 104 valence electrons. The summed E-state index contributed by atoms with van der Waals surface area (Å²) < 4.78 is 4.46. The maximum absolute atomic E-state index is 11.3. The molecule has 8 nitrogen and oxygen atoms in total. The summed E-state index contributed by atoms with van der Waals surface area (Å²) in [7, 11) is 1.18. The molecule has 0 saturated carbocycles. The number of nitrogens with one attached hydrogen (secondary N) is 1. The molecule has 19 heavy (non-hydrogen) atoms. The topological polar surface area (TPSA) is 115 Å². The van der Waals surface area contributed by atoms with Crippen LogP contribution in [-0.2, 0) is 4.74 Å². The average Bonchev–Trinajstić information content (AvgIpc) is 2.34. The number of nitro groups is 1. The molecule has 0 aliphatic heterocycles. The molecule has 1 rings (SSSR count). The molecule has 1 heterocycles. The molecule has 0 aromatic carbocycles. The molecule has 8 heteroatoms. The summed E-state index contributed by atoms with van der Waals surface area (Å²) in [6.45, 7) is 3.18. The van der Waals surface area contributed by atoms with Gasteiger partial charge in [-0.1, -0.05) is 0 Å². The highest BCUT2D eigenvalue weighted by atomic mass is 16.6. The number of pyridine rings is 1. The van der Waals surface area contributed by atoms with Gasteiger partial charge in [-0.25, -0.2) is 9.78 Å². The third kappa shape index (κ3) is 4.18. The van der Waals surface area contributed by atoms with Gasteiger partial charge >= 0.3 is 11.7 Å². The van der Waals surface area contributed by atoms with E-state index >= 15 is 0 Å². The number of aliphatic hydroxyl groups is 1. The normalized spacial score (nSPS) is 10.9. The van der Waals surface area contributed by atoms with Gasteiger partial charge < -0.3 is 15.2 Å². The highest BCUT2D eigenvalue weighted by Crippen LogP contribution is 2.23. The fourth-order valence-corrected chi connectivity index (χ4v) is 1.26. The van der Waals surface area contributed by atoms with Gasteiger partial charge in [0.25, 0.3) is 0 Å². The lowest BCUT2D eigenvalue weighted by atomic mass is 10.1. The first-order valence-electron chi connectivity index (χ1n) is 5.43. The molecule has 0 amide bonds. The van der Waals surface area contributed by atoms with E-state index in [1.807, 2.05) is 0 Å². The molecule has 0 aliphatic rings. The quantitative estimate of drug-likeness (QED) is 0.464. The molecular weight excluding hydrogens is 254 g/mol. The summed E-state index contributed by atoms with van der Waals surface area (Å²) >= 11 is 0. The summed E-state index contributed by atoms with van der Waals surface area (Å²) in [4.78, 5) is 25.3. The summed E-state index contributed by atoms with van der Waals surface area (Å²) in [5.74, 6) is -0.718. The monoisotopic (exact) mass is 269 g/mol. The highest BCUT2D eigenvalue weighted by molar-refractivity contribution is 5.90. The molecule has 2 N–H and O–H groups in total. The van der Waals surface area contributed by atoms with Crippen LogP contribution in [0.1, 0.15) is 24.2 Å². The van der Waals surface area contributed by atoms with Crippen LogP contribution in [0.3, 0.4) is 0 Å². The smallest absolute Gasteiger partial charge is 0.339 e. The van der Waals surface area contributed by atoms with Crippen LogP contribution in [0.4, 0.5) is 11.5 Å². The Hall–Kier alpha value is -2.22. The molecule has 1 aromatic rings. The zero-order valence-corrected chi connectivity index (χ0v) is 10.8. The van der Waals surface area contributed by atoms with Crippen LogP contribution in [0.25, 0.3) is 0 Å². The molecule has 0 unspecified atom stereocenters. The van der Waals surface area contributed by atoms with Crippen molar-refractivity contribution in [3.8, 4) is 0 Å². The number of aromatic nitrogens is 1. The predicted octanol–water partition coefficient (Wildman–Crippen LogP) is 0.959.